The van der Waals surface area contributed by atoms with Gasteiger partial charge in [0.05, 0.1) is 11.6 Å². The maximum Gasteiger partial charge on any atom is 0.0735 e. The van der Waals surface area contributed by atoms with Crippen molar-refractivity contribution in [2.45, 2.75) is 32.4 Å². The molecule has 0 aromatic heterocycles. The lowest BCUT2D eigenvalue weighted by Gasteiger charge is -2.41. The highest BCUT2D eigenvalue weighted by Crippen LogP contribution is 2.26. The summed E-state index contributed by atoms with van der Waals surface area (Å²) in [5.41, 5.74) is 6.63. The average Bonchev–Trinajstić information content (AvgIpc) is 2.88. The number of aryl methyl sites for hydroxylation is 2. The predicted molar refractivity (Wildman–Crippen MR) is 152 cm³/mol. The Morgan fingerprint density at radius 1 is 0.600 bits per heavy atom. The number of nitrogens with one attached hydrogen (secondary N) is 4. The van der Waals surface area contributed by atoms with Crippen LogP contribution in [0.5, 0.6) is 0 Å². The van der Waals surface area contributed by atoms with Crippen LogP contribution in [0.4, 0.5) is 22.7 Å². The van der Waals surface area contributed by atoms with E-state index in [-0.39, 0.29) is 11.6 Å². The minimum atomic E-state index is -0.338. The summed E-state index contributed by atoms with van der Waals surface area (Å²) in [5.74, 6) is 0. The van der Waals surface area contributed by atoms with E-state index in [1.54, 1.807) is 0 Å². The highest BCUT2D eigenvalue weighted by atomic mass is 15.1. The molecule has 35 heavy (non-hydrogen) atoms. The second kappa shape index (κ2) is 11.5. The summed E-state index contributed by atoms with van der Waals surface area (Å²) in [6, 6.07) is 37.8. The molecule has 0 fully saturated rings. The lowest BCUT2D eigenvalue weighted by atomic mass is 9.90. The van der Waals surface area contributed by atoms with Crippen LogP contribution < -0.4 is 21.3 Å². The van der Waals surface area contributed by atoms with Crippen LogP contribution in [-0.4, -0.2) is 24.7 Å². The molecule has 4 nitrogen and oxygen atoms in total. The summed E-state index contributed by atoms with van der Waals surface area (Å²) in [6.45, 7) is 8.05. The Kier molecular flexibility index (Phi) is 7.94. The van der Waals surface area contributed by atoms with Crippen LogP contribution in [-0.2, 0) is 0 Å². The molecule has 0 saturated heterocycles. The Hall–Kier alpha value is -3.92. The minimum absolute atomic E-state index is 0.0552. The van der Waals surface area contributed by atoms with Crippen molar-refractivity contribution in [3.63, 3.8) is 0 Å². The second-order valence-electron chi connectivity index (χ2n) is 9.34. The number of anilines is 4. The van der Waals surface area contributed by atoms with Crippen molar-refractivity contribution < 1.29 is 0 Å². The van der Waals surface area contributed by atoms with Gasteiger partial charge in [0, 0.05) is 35.8 Å². The zero-order chi connectivity index (χ0) is 24.5. The van der Waals surface area contributed by atoms with Crippen LogP contribution in [0.15, 0.2) is 109 Å². The van der Waals surface area contributed by atoms with E-state index in [9.17, 15) is 0 Å². The highest BCUT2D eigenvalue weighted by molar-refractivity contribution is 5.56. The molecule has 0 aliphatic carbocycles. The fourth-order valence-electron chi connectivity index (χ4n) is 4.29. The van der Waals surface area contributed by atoms with E-state index in [0.717, 1.165) is 35.8 Å². The quantitative estimate of drug-likeness (QED) is 0.190. The second-order valence-corrected chi connectivity index (χ2v) is 9.34. The van der Waals surface area contributed by atoms with Crippen molar-refractivity contribution >= 4 is 22.7 Å². The van der Waals surface area contributed by atoms with E-state index < -0.39 is 0 Å². The molecule has 2 atom stereocenters. The van der Waals surface area contributed by atoms with Gasteiger partial charge in [-0.05, 0) is 68.3 Å². The molecule has 4 heteroatoms. The van der Waals surface area contributed by atoms with E-state index in [0.29, 0.717) is 0 Å². The number of para-hydroxylation sites is 4. The number of rotatable bonds is 11. The standard InChI is InChI=1S/C31H36N4/c1-24-14-10-12-20-28(24)32-22-30(34-29-21-13-11-15-25(29)2)31(3,35-27-18-8-5-9-19-27)23-33-26-16-6-4-7-17-26/h4-21,30,32-35H,22-23H2,1-3H3. The third kappa shape index (κ3) is 6.57. The van der Waals surface area contributed by atoms with Crippen LogP contribution in [0.2, 0.25) is 0 Å². The minimum Gasteiger partial charge on any atom is -0.383 e. The SMILES string of the molecule is Cc1ccccc1NCC(Nc1ccccc1C)C(C)(CNc1ccccc1)Nc1ccccc1. The fourth-order valence-corrected chi connectivity index (χ4v) is 4.29. The highest BCUT2D eigenvalue weighted by Gasteiger charge is 2.35. The van der Waals surface area contributed by atoms with Crippen molar-refractivity contribution in [3.8, 4) is 0 Å². The first kappa shape index (κ1) is 24.2. The number of benzene rings is 4. The summed E-state index contributed by atoms with van der Waals surface area (Å²) >= 11 is 0. The van der Waals surface area contributed by atoms with Gasteiger partial charge in [0.25, 0.3) is 0 Å². The average molecular weight is 465 g/mol. The smallest absolute Gasteiger partial charge is 0.0735 e. The first-order chi connectivity index (χ1) is 17.0. The fraction of sp³-hybridized carbons (Fsp3) is 0.226. The zero-order valence-electron chi connectivity index (χ0n) is 20.9. The Morgan fingerprint density at radius 3 is 1.71 bits per heavy atom. The lowest BCUT2D eigenvalue weighted by Crippen LogP contribution is -2.58. The molecule has 4 aromatic rings. The Bertz CT molecular complexity index is 1190. The van der Waals surface area contributed by atoms with Crippen LogP contribution in [0.3, 0.4) is 0 Å². The van der Waals surface area contributed by atoms with Gasteiger partial charge in [-0.1, -0.05) is 72.8 Å². The molecule has 180 valence electrons. The van der Waals surface area contributed by atoms with Gasteiger partial charge in [0.15, 0.2) is 0 Å². The van der Waals surface area contributed by atoms with Crippen LogP contribution >= 0.6 is 0 Å². The first-order valence-electron chi connectivity index (χ1n) is 12.3. The van der Waals surface area contributed by atoms with Gasteiger partial charge in [-0.3, -0.25) is 0 Å². The van der Waals surface area contributed by atoms with Gasteiger partial charge in [-0.15, -0.1) is 0 Å². The van der Waals surface area contributed by atoms with Gasteiger partial charge in [-0.2, -0.15) is 0 Å². The van der Waals surface area contributed by atoms with Crippen molar-refractivity contribution in [1.29, 1.82) is 0 Å². The molecule has 4 rings (SSSR count). The normalized spacial score (nSPS) is 13.3. The van der Waals surface area contributed by atoms with Crippen LogP contribution in [0.25, 0.3) is 0 Å². The molecule has 0 saturated carbocycles. The molecular formula is C31H36N4. The third-order valence-corrected chi connectivity index (χ3v) is 6.52. The molecule has 0 heterocycles. The van der Waals surface area contributed by atoms with Crippen LogP contribution in [0.1, 0.15) is 18.1 Å². The molecule has 0 spiro atoms. The van der Waals surface area contributed by atoms with Crippen molar-refractivity contribution in [2.75, 3.05) is 34.4 Å². The first-order valence-corrected chi connectivity index (χ1v) is 12.3. The van der Waals surface area contributed by atoms with Gasteiger partial charge in [0.1, 0.15) is 0 Å². The molecule has 4 aromatic carbocycles. The van der Waals surface area contributed by atoms with Crippen molar-refractivity contribution in [3.05, 3.63) is 120 Å². The predicted octanol–water partition coefficient (Wildman–Crippen LogP) is 7.18. The summed E-state index contributed by atoms with van der Waals surface area (Å²) in [4.78, 5) is 0. The molecule has 0 aliphatic rings. The van der Waals surface area contributed by atoms with Gasteiger partial charge >= 0.3 is 0 Å². The summed E-state index contributed by atoms with van der Waals surface area (Å²) in [7, 11) is 0. The van der Waals surface area contributed by atoms with Gasteiger partial charge < -0.3 is 21.3 Å². The topological polar surface area (TPSA) is 48.1 Å². The Labute approximate surface area is 209 Å². The number of hydrogen-bond acceptors (Lipinski definition) is 4. The zero-order valence-corrected chi connectivity index (χ0v) is 20.9. The van der Waals surface area contributed by atoms with E-state index in [1.165, 1.54) is 11.1 Å². The van der Waals surface area contributed by atoms with E-state index >= 15 is 0 Å². The Morgan fingerprint density at radius 2 is 1.11 bits per heavy atom. The summed E-state index contributed by atoms with van der Waals surface area (Å²) < 4.78 is 0. The van der Waals surface area contributed by atoms with Crippen molar-refractivity contribution in [1.82, 2.24) is 0 Å². The van der Waals surface area contributed by atoms with Crippen molar-refractivity contribution in [2.24, 2.45) is 0 Å². The van der Waals surface area contributed by atoms with Gasteiger partial charge in [-0.25, -0.2) is 0 Å². The third-order valence-electron chi connectivity index (χ3n) is 6.52. The molecule has 0 radical (unpaired) electrons. The maximum atomic E-state index is 3.87. The van der Waals surface area contributed by atoms with Gasteiger partial charge in [0.2, 0.25) is 0 Å². The van der Waals surface area contributed by atoms with E-state index in [1.807, 2.05) is 12.1 Å². The molecule has 4 N–H and O–H groups in total. The summed E-state index contributed by atoms with van der Waals surface area (Å²) in [6.07, 6.45) is 0. The Balaban J connectivity index is 1.66. The lowest BCUT2D eigenvalue weighted by molar-refractivity contribution is 0.463. The molecular weight excluding hydrogens is 428 g/mol. The largest absolute Gasteiger partial charge is 0.383 e. The van der Waals surface area contributed by atoms with E-state index in [4.69, 9.17) is 0 Å². The monoisotopic (exact) mass is 464 g/mol. The van der Waals surface area contributed by atoms with Crippen LogP contribution in [0, 0.1) is 13.8 Å². The summed E-state index contributed by atoms with van der Waals surface area (Å²) in [5, 5.41) is 15.1. The number of hydrogen-bond donors (Lipinski definition) is 4. The molecule has 0 aliphatic heterocycles. The maximum absolute atomic E-state index is 3.87. The molecule has 2 unspecified atom stereocenters. The molecule has 0 bridgehead atoms. The molecule has 0 amide bonds. The van der Waals surface area contributed by atoms with E-state index in [2.05, 4.69) is 139 Å².